The highest BCUT2D eigenvalue weighted by Crippen LogP contribution is 2.46. The maximum atomic E-state index is 13.1. The number of nitrogens with one attached hydrogen (secondary N) is 1. The zero-order chi connectivity index (χ0) is 22.8. The summed E-state index contributed by atoms with van der Waals surface area (Å²) >= 11 is 0. The van der Waals surface area contributed by atoms with Gasteiger partial charge in [-0.05, 0) is 61.6 Å². The topological polar surface area (TPSA) is 95.9 Å². The number of rotatable bonds is 8. The predicted molar refractivity (Wildman–Crippen MR) is 117 cm³/mol. The summed E-state index contributed by atoms with van der Waals surface area (Å²) < 4.78 is 5.63. The van der Waals surface area contributed by atoms with Crippen LogP contribution in [0.1, 0.15) is 58.9 Å². The van der Waals surface area contributed by atoms with Crippen molar-refractivity contribution in [2.45, 2.75) is 71.4 Å². The van der Waals surface area contributed by atoms with E-state index in [0.717, 1.165) is 16.9 Å². The number of aliphatic hydroxyl groups is 1. The number of imide groups is 1. The number of ketones is 1. The zero-order valence-electron chi connectivity index (χ0n) is 18.9. The Balaban J connectivity index is 1.54. The van der Waals surface area contributed by atoms with Gasteiger partial charge in [-0.25, -0.2) is 4.79 Å². The second-order valence-corrected chi connectivity index (χ2v) is 10.1. The number of nitrogens with zero attached hydrogens (tertiary/aromatic N) is 1. The Bertz CT molecular complexity index is 835. The lowest BCUT2D eigenvalue weighted by molar-refractivity contribution is -0.135. The molecule has 2 fully saturated rings. The molecule has 31 heavy (non-hydrogen) atoms. The molecule has 170 valence electrons. The minimum absolute atomic E-state index is 0.0290. The summed E-state index contributed by atoms with van der Waals surface area (Å²) in [4.78, 5) is 37.9. The Morgan fingerprint density at radius 2 is 1.94 bits per heavy atom. The predicted octanol–water partition coefficient (Wildman–Crippen LogP) is 3.08. The molecule has 1 saturated heterocycles. The highest BCUT2D eigenvalue weighted by molar-refractivity contribution is 6.07. The Kier molecular flexibility index (Phi) is 6.74. The molecule has 0 bridgehead atoms. The quantitative estimate of drug-likeness (QED) is 0.618. The van der Waals surface area contributed by atoms with Crippen LogP contribution in [0.4, 0.5) is 4.79 Å². The molecule has 3 amide bonds. The zero-order valence-corrected chi connectivity index (χ0v) is 18.9. The van der Waals surface area contributed by atoms with Gasteiger partial charge in [-0.1, -0.05) is 32.9 Å². The monoisotopic (exact) mass is 430 g/mol. The lowest BCUT2D eigenvalue weighted by Crippen LogP contribution is -2.54. The van der Waals surface area contributed by atoms with Gasteiger partial charge in [-0.15, -0.1) is 0 Å². The fourth-order valence-electron chi connectivity index (χ4n) is 5.20. The fraction of sp³-hybridized carbons (Fsp3) is 0.625. The Hall–Kier alpha value is -2.41. The number of amides is 3. The van der Waals surface area contributed by atoms with E-state index >= 15 is 0 Å². The van der Waals surface area contributed by atoms with Gasteiger partial charge in [0.1, 0.15) is 29.8 Å². The van der Waals surface area contributed by atoms with Crippen LogP contribution in [-0.4, -0.2) is 52.5 Å². The van der Waals surface area contributed by atoms with Gasteiger partial charge < -0.3 is 20.0 Å². The maximum Gasteiger partial charge on any atom is 0.325 e. The normalized spacial score (nSPS) is 26.1. The van der Waals surface area contributed by atoms with E-state index in [1.54, 1.807) is 19.1 Å². The number of carbonyl (C=O) groups excluding carboxylic acids is 3. The van der Waals surface area contributed by atoms with E-state index in [9.17, 15) is 19.5 Å². The fourth-order valence-corrected chi connectivity index (χ4v) is 5.20. The molecule has 1 aliphatic heterocycles. The van der Waals surface area contributed by atoms with Crippen molar-refractivity contribution in [2.24, 2.45) is 11.3 Å². The average Bonchev–Trinajstić information content (AvgIpc) is 2.87. The minimum atomic E-state index is -0.990. The first-order valence-electron chi connectivity index (χ1n) is 11.0. The van der Waals surface area contributed by atoms with Crippen LogP contribution in [0.3, 0.4) is 0 Å². The summed E-state index contributed by atoms with van der Waals surface area (Å²) in [7, 11) is 0. The summed E-state index contributed by atoms with van der Waals surface area (Å²) in [6, 6.07) is 6.91. The molecule has 3 rings (SSSR count). The standard InChI is InChI=1S/C24H34N2O5/c1-16-11-23(3,4)15-24(12-16)21(29)26(22(30)25-24)13-19(28)14-31-20-9-7-18(8-10-20)6-5-17(2)27/h7-10,16,19,28H,5-6,11-15H2,1-4H3,(H,25,30)/t16-,19+,24+/m0/s1. The molecule has 7 nitrogen and oxygen atoms in total. The van der Waals surface area contributed by atoms with Crippen molar-refractivity contribution in [3.63, 3.8) is 0 Å². The van der Waals surface area contributed by atoms with E-state index in [2.05, 4.69) is 26.1 Å². The number of ether oxygens (including phenoxy) is 1. The summed E-state index contributed by atoms with van der Waals surface area (Å²) in [5.41, 5.74) is 0.140. The second kappa shape index (κ2) is 8.99. The number of Topliss-reactive ketones (excluding diaryl/α,β-unsaturated/α-hetero) is 1. The Morgan fingerprint density at radius 3 is 2.55 bits per heavy atom. The van der Waals surface area contributed by atoms with Gasteiger partial charge in [0.2, 0.25) is 0 Å². The summed E-state index contributed by atoms with van der Waals surface area (Å²) in [6.45, 7) is 7.80. The summed E-state index contributed by atoms with van der Waals surface area (Å²) in [6.07, 6.45) is 2.44. The number of benzene rings is 1. The van der Waals surface area contributed by atoms with Crippen LogP contribution in [0.2, 0.25) is 0 Å². The van der Waals surface area contributed by atoms with Crippen molar-refractivity contribution in [3.05, 3.63) is 29.8 Å². The van der Waals surface area contributed by atoms with Gasteiger partial charge in [0.25, 0.3) is 5.91 Å². The van der Waals surface area contributed by atoms with Gasteiger partial charge in [-0.3, -0.25) is 9.69 Å². The number of hydrogen-bond acceptors (Lipinski definition) is 5. The SMILES string of the molecule is CC(=O)CCc1ccc(OC[C@H](O)CN2C(=O)N[C@@]3(C[C@@H](C)CC(C)(C)C3)C2=O)cc1. The highest BCUT2D eigenvalue weighted by atomic mass is 16.5. The van der Waals surface area contributed by atoms with Crippen LogP contribution in [0.25, 0.3) is 0 Å². The third-order valence-electron chi connectivity index (χ3n) is 6.15. The smallest absolute Gasteiger partial charge is 0.325 e. The first-order chi connectivity index (χ1) is 14.5. The number of hydrogen-bond donors (Lipinski definition) is 2. The Morgan fingerprint density at radius 1 is 1.26 bits per heavy atom. The summed E-state index contributed by atoms with van der Waals surface area (Å²) in [5.74, 6) is 0.824. The van der Waals surface area contributed by atoms with E-state index in [1.165, 1.54) is 0 Å². The highest BCUT2D eigenvalue weighted by Gasteiger charge is 2.56. The lowest BCUT2D eigenvalue weighted by atomic mass is 9.64. The van der Waals surface area contributed by atoms with E-state index in [0.29, 0.717) is 37.4 Å². The largest absolute Gasteiger partial charge is 0.491 e. The molecule has 1 saturated carbocycles. The van der Waals surface area contributed by atoms with Crippen molar-refractivity contribution < 1.29 is 24.2 Å². The number of urea groups is 1. The summed E-state index contributed by atoms with van der Waals surface area (Å²) in [5, 5.41) is 13.3. The minimum Gasteiger partial charge on any atom is -0.491 e. The lowest BCUT2D eigenvalue weighted by Gasteiger charge is -2.43. The number of aryl methyl sites for hydroxylation is 1. The molecule has 1 spiro atoms. The molecule has 1 aromatic carbocycles. The molecule has 1 aliphatic carbocycles. The van der Waals surface area contributed by atoms with Crippen LogP contribution in [0.15, 0.2) is 24.3 Å². The first-order valence-corrected chi connectivity index (χ1v) is 11.0. The number of aliphatic hydroxyl groups excluding tert-OH is 1. The molecule has 3 atom stereocenters. The molecule has 7 heteroatoms. The van der Waals surface area contributed by atoms with Gasteiger partial charge in [0.05, 0.1) is 6.54 Å². The van der Waals surface area contributed by atoms with Gasteiger partial charge in [0, 0.05) is 6.42 Å². The van der Waals surface area contributed by atoms with Crippen LogP contribution in [0.5, 0.6) is 5.75 Å². The molecular weight excluding hydrogens is 396 g/mol. The van der Waals surface area contributed by atoms with Gasteiger partial charge in [0.15, 0.2) is 0 Å². The molecular formula is C24H34N2O5. The van der Waals surface area contributed by atoms with E-state index < -0.39 is 17.7 Å². The van der Waals surface area contributed by atoms with Crippen molar-refractivity contribution in [2.75, 3.05) is 13.2 Å². The van der Waals surface area contributed by atoms with Gasteiger partial charge >= 0.3 is 6.03 Å². The van der Waals surface area contributed by atoms with Crippen LogP contribution >= 0.6 is 0 Å². The molecule has 2 N–H and O–H groups in total. The maximum absolute atomic E-state index is 13.1. The third-order valence-corrected chi connectivity index (χ3v) is 6.15. The Labute approximate surface area is 184 Å². The van der Waals surface area contributed by atoms with Crippen molar-refractivity contribution >= 4 is 17.7 Å². The molecule has 1 aromatic rings. The van der Waals surface area contributed by atoms with Crippen LogP contribution in [-0.2, 0) is 16.0 Å². The van der Waals surface area contributed by atoms with Crippen molar-refractivity contribution in [1.29, 1.82) is 0 Å². The number of carbonyl (C=O) groups is 3. The van der Waals surface area contributed by atoms with E-state index in [-0.39, 0.29) is 30.3 Å². The molecule has 2 aliphatic rings. The van der Waals surface area contributed by atoms with Crippen molar-refractivity contribution in [1.82, 2.24) is 10.2 Å². The van der Waals surface area contributed by atoms with E-state index in [1.807, 2.05) is 12.1 Å². The van der Waals surface area contributed by atoms with E-state index in [4.69, 9.17) is 4.74 Å². The number of β-amino-alcohol motifs (C(OH)–C–C–N with tert-alkyl or cyclic N) is 1. The van der Waals surface area contributed by atoms with Crippen molar-refractivity contribution in [3.8, 4) is 5.75 Å². The first kappa shape index (κ1) is 23.3. The third kappa shape index (κ3) is 5.64. The van der Waals surface area contributed by atoms with Crippen LogP contribution in [0, 0.1) is 11.3 Å². The molecule has 0 unspecified atom stereocenters. The van der Waals surface area contributed by atoms with Crippen LogP contribution < -0.4 is 10.1 Å². The molecule has 0 radical (unpaired) electrons. The molecule has 1 heterocycles. The second-order valence-electron chi connectivity index (χ2n) is 10.1. The molecule has 0 aromatic heterocycles. The van der Waals surface area contributed by atoms with Gasteiger partial charge in [-0.2, -0.15) is 0 Å². The average molecular weight is 431 g/mol.